The Morgan fingerprint density at radius 1 is 1.08 bits per heavy atom. The Morgan fingerprint density at radius 2 is 1.81 bits per heavy atom. The molecule has 0 spiro atoms. The van der Waals surface area contributed by atoms with Crippen LogP contribution in [0.1, 0.15) is 11.3 Å². The zero-order valence-corrected chi connectivity index (χ0v) is 15.1. The van der Waals surface area contributed by atoms with Crippen LogP contribution in [-0.4, -0.2) is 21.4 Å². The third-order valence-electron chi connectivity index (χ3n) is 3.64. The summed E-state index contributed by atoms with van der Waals surface area (Å²) in [5.74, 6) is -1.46. The number of carbonyl (C=O) groups excluding carboxylic acids is 1. The molecule has 0 saturated heterocycles. The van der Waals surface area contributed by atoms with Gasteiger partial charge in [0.1, 0.15) is 5.82 Å². The van der Waals surface area contributed by atoms with Crippen LogP contribution >= 0.6 is 11.8 Å². The molecule has 7 heteroatoms. The molecule has 4 nitrogen and oxygen atoms in total. The predicted octanol–water partition coefficient (Wildman–Crippen LogP) is 4.50. The van der Waals surface area contributed by atoms with Crippen LogP contribution in [0.3, 0.4) is 0 Å². The van der Waals surface area contributed by atoms with Crippen molar-refractivity contribution in [2.75, 3.05) is 11.1 Å². The van der Waals surface area contributed by atoms with Gasteiger partial charge in [-0.25, -0.2) is 13.5 Å². The van der Waals surface area contributed by atoms with E-state index in [1.807, 2.05) is 38.1 Å². The third-order valence-corrected chi connectivity index (χ3v) is 4.63. The highest BCUT2D eigenvalue weighted by Crippen LogP contribution is 2.22. The van der Waals surface area contributed by atoms with Crippen LogP contribution in [0, 0.1) is 25.5 Å². The quantitative estimate of drug-likeness (QED) is 0.670. The van der Waals surface area contributed by atoms with Crippen molar-refractivity contribution in [1.29, 1.82) is 0 Å². The number of benzene rings is 2. The average molecular weight is 373 g/mol. The van der Waals surface area contributed by atoms with Crippen LogP contribution in [0.15, 0.2) is 53.4 Å². The maximum atomic E-state index is 13.2. The van der Waals surface area contributed by atoms with Gasteiger partial charge >= 0.3 is 0 Å². The van der Waals surface area contributed by atoms with Gasteiger partial charge in [0.05, 0.1) is 17.1 Å². The van der Waals surface area contributed by atoms with Crippen molar-refractivity contribution in [3.63, 3.8) is 0 Å². The lowest BCUT2D eigenvalue weighted by molar-refractivity contribution is -0.113. The molecule has 0 bridgehead atoms. The third kappa shape index (κ3) is 4.29. The minimum atomic E-state index is -0.927. The molecular weight excluding hydrogens is 356 g/mol. The van der Waals surface area contributed by atoms with Crippen molar-refractivity contribution in [1.82, 2.24) is 9.78 Å². The first-order chi connectivity index (χ1) is 12.4. The number of anilines is 1. The molecule has 1 amide bonds. The van der Waals surface area contributed by atoms with Gasteiger partial charge in [-0.15, -0.1) is 11.8 Å². The largest absolute Gasteiger partial charge is 0.310 e. The number of carbonyl (C=O) groups is 1. The number of amides is 1. The van der Waals surface area contributed by atoms with Crippen molar-refractivity contribution < 1.29 is 13.6 Å². The average Bonchev–Trinajstić information content (AvgIpc) is 2.97. The maximum Gasteiger partial charge on any atom is 0.235 e. The minimum absolute atomic E-state index is 0.0726. The number of thioether (sulfide) groups is 1. The van der Waals surface area contributed by atoms with Gasteiger partial charge in [-0.1, -0.05) is 17.7 Å². The summed E-state index contributed by atoms with van der Waals surface area (Å²) < 4.78 is 27.8. The van der Waals surface area contributed by atoms with Crippen LogP contribution in [0.5, 0.6) is 0 Å². The number of nitrogens with one attached hydrogen (secondary N) is 1. The summed E-state index contributed by atoms with van der Waals surface area (Å²) in [6.07, 6.45) is 0. The molecule has 0 unspecified atom stereocenters. The summed E-state index contributed by atoms with van der Waals surface area (Å²) in [4.78, 5) is 12.7. The van der Waals surface area contributed by atoms with Gasteiger partial charge < -0.3 is 5.32 Å². The minimum Gasteiger partial charge on any atom is -0.310 e. The van der Waals surface area contributed by atoms with E-state index in [0.29, 0.717) is 10.7 Å². The lowest BCUT2D eigenvalue weighted by Crippen LogP contribution is -2.17. The smallest absolute Gasteiger partial charge is 0.235 e. The first-order valence-corrected chi connectivity index (χ1v) is 8.92. The van der Waals surface area contributed by atoms with Crippen molar-refractivity contribution in [3.05, 3.63) is 71.4 Å². The Morgan fingerprint density at radius 3 is 2.50 bits per heavy atom. The SMILES string of the molecule is Cc1ccc(-n2nc(C)cc2NC(=O)CSc2ccc(F)c(F)c2)cc1. The molecule has 0 saturated carbocycles. The van der Waals surface area contributed by atoms with E-state index in [4.69, 9.17) is 0 Å². The summed E-state index contributed by atoms with van der Waals surface area (Å²) >= 11 is 1.13. The van der Waals surface area contributed by atoms with Crippen molar-refractivity contribution in [2.45, 2.75) is 18.7 Å². The predicted molar refractivity (Wildman–Crippen MR) is 98.7 cm³/mol. The Balaban J connectivity index is 1.69. The lowest BCUT2D eigenvalue weighted by Gasteiger charge is -2.09. The molecule has 26 heavy (non-hydrogen) atoms. The number of hydrogen-bond acceptors (Lipinski definition) is 3. The van der Waals surface area contributed by atoms with Crippen molar-refractivity contribution in [3.8, 4) is 5.69 Å². The van der Waals surface area contributed by atoms with Gasteiger partial charge in [0.2, 0.25) is 5.91 Å². The number of aromatic nitrogens is 2. The summed E-state index contributed by atoms with van der Waals surface area (Å²) in [5, 5.41) is 7.22. The Kier molecular flexibility index (Phi) is 5.37. The molecule has 1 N–H and O–H groups in total. The molecule has 0 atom stereocenters. The van der Waals surface area contributed by atoms with Gasteiger partial charge in [0.25, 0.3) is 0 Å². The molecule has 3 aromatic rings. The molecule has 0 aliphatic rings. The second-order valence-electron chi connectivity index (χ2n) is 5.83. The molecule has 0 aliphatic carbocycles. The van der Waals surface area contributed by atoms with E-state index in [0.717, 1.165) is 40.8 Å². The van der Waals surface area contributed by atoms with E-state index < -0.39 is 11.6 Å². The standard InChI is InChI=1S/C19H17F2N3OS/c1-12-3-5-14(6-4-12)24-18(9-13(2)23-24)22-19(25)11-26-15-7-8-16(20)17(21)10-15/h3-10H,11H2,1-2H3,(H,22,25). The highest BCUT2D eigenvalue weighted by molar-refractivity contribution is 8.00. The van der Waals surface area contributed by atoms with Crippen molar-refractivity contribution in [2.24, 2.45) is 0 Å². The van der Waals surface area contributed by atoms with Gasteiger partial charge in [0.15, 0.2) is 11.6 Å². The fourth-order valence-corrected chi connectivity index (χ4v) is 3.09. The van der Waals surface area contributed by atoms with Crippen molar-refractivity contribution >= 4 is 23.5 Å². The van der Waals surface area contributed by atoms with Crippen LogP contribution in [-0.2, 0) is 4.79 Å². The molecule has 0 aliphatic heterocycles. The fourth-order valence-electron chi connectivity index (χ4n) is 2.37. The molecule has 134 valence electrons. The highest BCUT2D eigenvalue weighted by Gasteiger charge is 2.12. The second-order valence-corrected chi connectivity index (χ2v) is 6.88. The van der Waals surface area contributed by atoms with Crippen LogP contribution in [0.2, 0.25) is 0 Å². The number of aryl methyl sites for hydroxylation is 2. The zero-order chi connectivity index (χ0) is 18.7. The normalized spacial score (nSPS) is 10.8. The summed E-state index contributed by atoms with van der Waals surface area (Å²) in [6.45, 7) is 3.84. The molecule has 0 fully saturated rings. The molecule has 3 rings (SSSR count). The monoisotopic (exact) mass is 373 g/mol. The highest BCUT2D eigenvalue weighted by atomic mass is 32.2. The number of rotatable bonds is 5. The molecule has 2 aromatic carbocycles. The maximum absolute atomic E-state index is 13.2. The fraction of sp³-hybridized carbons (Fsp3) is 0.158. The summed E-state index contributed by atoms with van der Waals surface area (Å²) in [6, 6.07) is 13.1. The van der Waals surface area contributed by atoms with Gasteiger partial charge in [-0.3, -0.25) is 4.79 Å². The van der Waals surface area contributed by atoms with Crippen LogP contribution in [0.25, 0.3) is 5.69 Å². The van der Waals surface area contributed by atoms with E-state index in [2.05, 4.69) is 10.4 Å². The number of hydrogen-bond donors (Lipinski definition) is 1. The van der Waals surface area contributed by atoms with Gasteiger partial charge in [0, 0.05) is 11.0 Å². The van der Waals surface area contributed by atoms with E-state index in [1.54, 1.807) is 10.7 Å². The zero-order valence-electron chi connectivity index (χ0n) is 14.3. The summed E-state index contributed by atoms with van der Waals surface area (Å²) in [5.41, 5.74) is 2.74. The van der Waals surface area contributed by atoms with Crippen LogP contribution < -0.4 is 5.32 Å². The topological polar surface area (TPSA) is 46.9 Å². The Hall–Kier alpha value is -2.67. The molecule has 1 heterocycles. The van der Waals surface area contributed by atoms with E-state index in [-0.39, 0.29) is 11.7 Å². The van der Waals surface area contributed by atoms with E-state index in [1.165, 1.54) is 6.07 Å². The number of nitrogens with zero attached hydrogens (tertiary/aromatic N) is 2. The first kappa shape index (κ1) is 18.1. The lowest BCUT2D eigenvalue weighted by atomic mass is 10.2. The van der Waals surface area contributed by atoms with Crippen LogP contribution in [0.4, 0.5) is 14.6 Å². The first-order valence-electron chi connectivity index (χ1n) is 7.94. The van der Waals surface area contributed by atoms with E-state index in [9.17, 15) is 13.6 Å². The molecule has 0 radical (unpaired) electrons. The Bertz CT molecular complexity index is 938. The molecular formula is C19H17F2N3OS. The number of halogens is 2. The van der Waals surface area contributed by atoms with Gasteiger partial charge in [-0.2, -0.15) is 5.10 Å². The second kappa shape index (κ2) is 7.70. The van der Waals surface area contributed by atoms with E-state index >= 15 is 0 Å². The van der Waals surface area contributed by atoms with Gasteiger partial charge in [-0.05, 0) is 44.2 Å². The Labute approximate surface area is 154 Å². The summed E-state index contributed by atoms with van der Waals surface area (Å²) in [7, 11) is 0. The molecule has 1 aromatic heterocycles.